The lowest BCUT2D eigenvalue weighted by Gasteiger charge is -2.10. The van der Waals surface area contributed by atoms with Gasteiger partial charge in [-0.25, -0.2) is 0 Å². The van der Waals surface area contributed by atoms with Crippen molar-refractivity contribution in [2.75, 3.05) is 6.61 Å². The normalized spacial score (nSPS) is 13.8. The predicted molar refractivity (Wildman–Crippen MR) is 54.8 cm³/mol. The average molecular weight is 182 g/mol. The molecule has 0 spiro atoms. The SMILES string of the molecule is CCOPC(C)c1ccccc1. The molecule has 0 amide bonds. The topological polar surface area (TPSA) is 9.23 Å². The molecule has 2 heteroatoms. The fourth-order valence-corrected chi connectivity index (χ4v) is 1.76. The summed E-state index contributed by atoms with van der Waals surface area (Å²) in [4.78, 5) is 0. The lowest BCUT2D eigenvalue weighted by atomic mass is 10.2. The maximum absolute atomic E-state index is 5.38. The number of rotatable bonds is 4. The molecule has 1 aromatic carbocycles. The quantitative estimate of drug-likeness (QED) is 0.648. The third-order valence-electron chi connectivity index (χ3n) is 1.70. The molecule has 1 aromatic rings. The third kappa shape index (κ3) is 2.92. The molecule has 0 aliphatic rings. The summed E-state index contributed by atoms with van der Waals surface area (Å²) in [5.74, 6) is 0. The van der Waals surface area contributed by atoms with Crippen LogP contribution in [0.15, 0.2) is 30.3 Å². The molecule has 12 heavy (non-hydrogen) atoms. The van der Waals surface area contributed by atoms with Gasteiger partial charge < -0.3 is 4.52 Å². The summed E-state index contributed by atoms with van der Waals surface area (Å²) in [6.45, 7) is 5.05. The Morgan fingerprint density at radius 1 is 1.33 bits per heavy atom. The summed E-state index contributed by atoms with van der Waals surface area (Å²) in [7, 11) is 0.583. The van der Waals surface area contributed by atoms with Crippen molar-refractivity contribution in [2.24, 2.45) is 0 Å². The second-order valence-electron chi connectivity index (χ2n) is 2.68. The first-order valence-corrected chi connectivity index (χ1v) is 5.25. The van der Waals surface area contributed by atoms with Gasteiger partial charge in [0.15, 0.2) is 0 Å². The van der Waals surface area contributed by atoms with Gasteiger partial charge in [0.1, 0.15) is 0 Å². The monoisotopic (exact) mass is 182 g/mol. The Labute approximate surface area is 76.0 Å². The molecule has 2 atom stereocenters. The smallest absolute Gasteiger partial charge is 0.0477 e. The molecule has 1 rings (SSSR count). The van der Waals surface area contributed by atoms with Crippen molar-refractivity contribution < 1.29 is 4.52 Å². The van der Waals surface area contributed by atoms with Gasteiger partial charge in [0.2, 0.25) is 0 Å². The zero-order valence-electron chi connectivity index (χ0n) is 7.58. The van der Waals surface area contributed by atoms with Crippen LogP contribution in [0.1, 0.15) is 25.1 Å². The molecule has 0 saturated carbocycles. The molecular formula is C10H15OP. The zero-order valence-corrected chi connectivity index (χ0v) is 8.58. The molecular weight excluding hydrogens is 167 g/mol. The van der Waals surface area contributed by atoms with Crippen LogP contribution in [0.2, 0.25) is 0 Å². The molecule has 0 aliphatic carbocycles. The van der Waals surface area contributed by atoms with E-state index < -0.39 is 0 Å². The minimum atomic E-state index is 0.533. The fourth-order valence-electron chi connectivity index (χ4n) is 1.02. The van der Waals surface area contributed by atoms with Crippen LogP contribution in [0.4, 0.5) is 0 Å². The summed E-state index contributed by atoms with van der Waals surface area (Å²) >= 11 is 0. The Morgan fingerprint density at radius 3 is 2.58 bits per heavy atom. The summed E-state index contributed by atoms with van der Waals surface area (Å²) in [5, 5.41) is 0. The highest BCUT2D eigenvalue weighted by atomic mass is 31.1. The minimum Gasteiger partial charge on any atom is -0.362 e. The zero-order chi connectivity index (χ0) is 8.81. The maximum atomic E-state index is 5.38. The van der Waals surface area contributed by atoms with Crippen molar-refractivity contribution >= 4 is 8.81 Å². The second-order valence-corrected chi connectivity index (χ2v) is 4.07. The van der Waals surface area contributed by atoms with E-state index in [1.54, 1.807) is 0 Å². The van der Waals surface area contributed by atoms with Crippen LogP contribution < -0.4 is 0 Å². The Bertz CT molecular complexity index is 210. The molecule has 0 aromatic heterocycles. The third-order valence-corrected chi connectivity index (χ3v) is 2.85. The van der Waals surface area contributed by atoms with Gasteiger partial charge in [-0.1, -0.05) is 37.3 Å². The first kappa shape index (κ1) is 9.70. The molecule has 0 fully saturated rings. The van der Waals surface area contributed by atoms with Crippen molar-refractivity contribution in [3.05, 3.63) is 35.9 Å². The van der Waals surface area contributed by atoms with E-state index >= 15 is 0 Å². The van der Waals surface area contributed by atoms with E-state index in [0.717, 1.165) is 6.61 Å². The summed E-state index contributed by atoms with van der Waals surface area (Å²) < 4.78 is 5.38. The van der Waals surface area contributed by atoms with Crippen LogP contribution >= 0.6 is 8.81 Å². The van der Waals surface area contributed by atoms with Gasteiger partial charge in [-0.05, 0) is 12.5 Å². The van der Waals surface area contributed by atoms with E-state index in [1.165, 1.54) is 5.56 Å². The van der Waals surface area contributed by atoms with E-state index in [9.17, 15) is 0 Å². The molecule has 0 bridgehead atoms. The fraction of sp³-hybridized carbons (Fsp3) is 0.400. The highest BCUT2D eigenvalue weighted by molar-refractivity contribution is 7.32. The lowest BCUT2D eigenvalue weighted by molar-refractivity contribution is 0.385. The van der Waals surface area contributed by atoms with Gasteiger partial charge in [-0.15, -0.1) is 0 Å². The van der Waals surface area contributed by atoms with Gasteiger partial charge in [0, 0.05) is 21.1 Å². The minimum absolute atomic E-state index is 0.533. The van der Waals surface area contributed by atoms with Gasteiger partial charge in [-0.3, -0.25) is 0 Å². The Kier molecular flexibility index (Phi) is 4.27. The summed E-state index contributed by atoms with van der Waals surface area (Å²) in [5.41, 5.74) is 1.90. The highest BCUT2D eigenvalue weighted by Crippen LogP contribution is 2.34. The van der Waals surface area contributed by atoms with Crippen molar-refractivity contribution in [3.63, 3.8) is 0 Å². The van der Waals surface area contributed by atoms with E-state index in [-0.39, 0.29) is 0 Å². The van der Waals surface area contributed by atoms with Crippen LogP contribution in [-0.4, -0.2) is 6.61 Å². The molecule has 66 valence electrons. The molecule has 0 N–H and O–H groups in total. The van der Waals surface area contributed by atoms with Gasteiger partial charge in [0.05, 0.1) is 0 Å². The largest absolute Gasteiger partial charge is 0.362 e. The van der Waals surface area contributed by atoms with Crippen LogP contribution in [0, 0.1) is 0 Å². The predicted octanol–water partition coefficient (Wildman–Crippen LogP) is 3.38. The van der Waals surface area contributed by atoms with Crippen molar-refractivity contribution in [1.29, 1.82) is 0 Å². The van der Waals surface area contributed by atoms with Crippen LogP contribution in [0.5, 0.6) is 0 Å². The molecule has 0 radical (unpaired) electrons. The Morgan fingerprint density at radius 2 is 2.00 bits per heavy atom. The first-order valence-electron chi connectivity index (χ1n) is 4.27. The van der Waals surface area contributed by atoms with Crippen LogP contribution in [0.3, 0.4) is 0 Å². The summed E-state index contributed by atoms with van der Waals surface area (Å²) in [6, 6.07) is 10.5. The lowest BCUT2D eigenvalue weighted by Crippen LogP contribution is -1.86. The molecule has 0 aliphatic heterocycles. The second kappa shape index (κ2) is 5.29. The van der Waals surface area contributed by atoms with Crippen molar-refractivity contribution in [1.82, 2.24) is 0 Å². The van der Waals surface area contributed by atoms with Crippen LogP contribution in [-0.2, 0) is 4.52 Å². The molecule has 1 nitrogen and oxygen atoms in total. The average Bonchev–Trinajstić information content (AvgIpc) is 2.15. The van der Waals surface area contributed by atoms with Gasteiger partial charge in [-0.2, -0.15) is 0 Å². The maximum Gasteiger partial charge on any atom is 0.0477 e. The van der Waals surface area contributed by atoms with Crippen molar-refractivity contribution in [2.45, 2.75) is 19.5 Å². The highest BCUT2D eigenvalue weighted by Gasteiger charge is 2.03. The molecule has 0 heterocycles. The number of hydrogen-bond donors (Lipinski definition) is 0. The Hall–Kier alpha value is -0.390. The van der Waals surface area contributed by atoms with Crippen molar-refractivity contribution in [3.8, 4) is 0 Å². The summed E-state index contributed by atoms with van der Waals surface area (Å²) in [6.07, 6.45) is 0. The standard InChI is InChI=1S/C10H15OP/c1-3-11-12-9(2)10-7-5-4-6-8-10/h4-9,12H,3H2,1-2H3. The van der Waals surface area contributed by atoms with E-state index in [2.05, 4.69) is 31.2 Å². The van der Waals surface area contributed by atoms with Gasteiger partial charge >= 0.3 is 0 Å². The molecule has 2 unspecified atom stereocenters. The van der Waals surface area contributed by atoms with Crippen LogP contribution in [0.25, 0.3) is 0 Å². The van der Waals surface area contributed by atoms with E-state index in [4.69, 9.17) is 4.52 Å². The first-order chi connectivity index (χ1) is 5.84. The number of hydrogen-bond acceptors (Lipinski definition) is 1. The Balaban J connectivity index is 2.48. The number of benzene rings is 1. The van der Waals surface area contributed by atoms with E-state index in [1.807, 2.05) is 13.0 Å². The van der Waals surface area contributed by atoms with Gasteiger partial charge in [0.25, 0.3) is 0 Å². The molecule has 0 saturated heterocycles. The van der Waals surface area contributed by atoms with E-state index in [0.29, 0.717) is 14.5 Å².